The molecular weight excluding hydrogens is 286 g/mol. The summed E-state index contributed by atoms with van der Waals surface area (Å²) in [5.41, 5.74) is 1.90. The van der Waals surface area contributed by atoms with Crippen molar-refractivity contribution in [3.05, 3.63) is 28.9 Å². The third-order valence-electron chi connectivity index (χ3n) is 4.29. The minimum Gasteiger partial charge on any atom is -0.356 e. The molecule has 114 valence electrons. The first-order chi connectivity index (χ1) is 10.3. The molecule has 21 heavy (non-hydrogen) atoms. The van der Waals surface area contributed by atoms with Crippen LogP contribution in [0.3, 0.4) is 0 Å². The molecule has 1 fully saturated rings. The first-order valence-electron chi connectivity index (χ1n) is 7.76. The number of likely N-dealkylation sites (N-methyl/N-ethyl adjacent to an activating group) is 1. The molecule has 0 unspecified atom stereocenters. The number of benzene rings is 1. The van der Waals surface area contributed by atoms with E-state index in [1.807, 2.05) is 18.2 Å². The second kappa shape index (κ2) is 6.77. The SMILES string of the molecule is CCNCCN1CCC(c2noc3cc(Cl)ccc23)CC1. The highest BCUT2D eigenvalue weighted by Gasteiger charge is 2.24. The maximum absolute atomic E-state index is 5.99. The molecule has 1 aliphatic rings. The fraction of sp³-hybridized carbons (Fsp3) is 0.562. The van der Waals surface area contributed by atoms with E-state index in [9.17, 15) is 0 Å². The van der Waals surface area contributed by atoms with E-state index in [0.29, 0.717) is 10.9 Å². The lowest BCUT2D eigenvalue weighted by molar-refractivity contribution is 0.210. The molecule has 1 aliphatic heterocycles. The Bertz CT molecular complexity index is 590. The van der Waals surface area contributed by atoms with E-state index in [1.165, 1.54) is 0 Å². The van der Waals surface area contributed by atoms with E-state index in [1.54, 1.807) is 0 Å². The van der Waals surface area contributed by atoms with Gasteiger partial charge in [0, 0.05) is 35.5 Å². The fourth-order valence-electron chi connectivity index (χ4n) is 3.07. The van der Waals surface area contributed by atoms with Gasteiger partial charge in [0.15, 0.2) is 5.58 Å². The topological polar surface area (TPSA) is 41.3 Å². The van der Waals surface area contributed by atoms with Gasteiger partial charge in [0.05, 0.1) is 5.69 Å². The standard InChI is InChI=1S/C16H22ClN3O/c1-2-18-7-10-20-8-5-12(6-9-20)16-14-4-3-13(17)11-15(14)21-19-16/h3-4,11-12,18H,2,5-10H2,1H3. The van der Waals surface area contributed by atoms with Crippen molar-refractivity contribution in [3.63, 3.8) is 0 Å². The molecule has 0 saturated carbocycles. The molecular formula is C16H22ClN3O. The van der Waals surface area contributed by atoms with E-state index in [2.05, 4.69) is 22.3 Å². The van der Waals surface area contributed by atoms with Crippen molar-refractivity contribution < 1.29 is 4.52 Å². The van der Waals surface area contributed by atoms with E-state index in [0.717, 1.165) is 62.2 Å². The van der Waals surface area contributed by atoms with Gasteiger partial charge in [-0.3, -0.25) is 0 Å². The summed E-state index contributed by atoms with van der Waals surface area (Å²) in [5.74, 6) is 0.503. The van der Waals surface area contributed by atoms with Crippen LogP contribution in [0.25, 0.3) is 11.0 Å². The highest BCUT2D eigenvalue weighted by atomic mass is 35.5. The molecule has 2 aromatic rings. The van der Waals surface area contributed by atoms with Gasteiger partial charge in [0.2, 0.25) is 0 Å². The zero-order valence-corrected chi connectivity index (χ0v) is 13.2. The van der Waals surface area contributed by atoms with Gasteiger partial charge >= 0.3 is 0 Å². The van der Waals surface area contributed by atoms with Crippen LogP contribution in [-0.4, -0.2) is 42.8 Å². The Morgan fingerprint density at radius 3 is 2.95 bits per heavy atom. The monoisotopic (exact) mass is 307 g/mol. The van der Waals surface area contributed by atoms with Crippen LogP contribution in [0.2, 0.25) is 5.02 Å². The van der Waals surface area contributed by atoms with Crippen LogP contribution in [-0.2, 0) is 0 Å². The minimum atomic E-state index is 0.503. The summed E-state index contributed by atoms with van der Waals surface area (Å²) in [6.45, 7) is 7.68. The van der Waals surface area contributed by atoms with Crippen LogP contribution in [0.5, 0.6) is 0 Å². The van der Waals surface area contributed by atoms with E-state index in [-0.39, 0.29) is 0 Å². The van der Waals surface area contributed by atoms with Crippen LogP contribution in [0.4, 0.5) is 0 Å². The van der Waals surface area contributed by atoms with Gasteiger partial charge in [-0.05, 0) is 44.6 Å². The van der Waals surface area contributed by atoms with Crippen molar-refractivity contribution in [2.45, 2.75) is 25.7 Å². The van der Waals surface area contributed by atoms with Crippen LogP contribution in [0.15, 0.2) is 22.7 Å². The Hall–Kier alpha value is -1.10. The second-order valence-corrected chi connectivity index (χ2v) is 6.11. The number of aromatic nitrogens is 1. The van der Waals surface area contributed by atoms with Crippen molar-refractivity contribution >= 4 is 22.6 Å². The number of nitrogens with one attached hydrogen (secondary N) is 1. The van der Waals surface area contributed by atoms with Crippen molar-refractivity contribution in [2.75, 3.05) is 32.7 Å². The van der Waals surface area contributed by atoms with Crippen molar-refractivity contribution in [3.8, 4) is 0 Å². The summed E-state index contributed by atoms with van der Waals surface area (Å²) >= 11 is 5.99. The van der Waals surface area contributed by atoms with Gasteiger partial charge in [-0.15, -0.1) is 0 Å². The molecule has 0 amide bonds. The number of nitrogens with zero attached hydrogens (tertiary/aromatic N) is 2. The lowest BCUT2D eigenvalue weighted by Gasteiger charge is -2.31. The largest absolute Gasteiger partial charge is 0.356 e. The maximum Gasteiger partial charge on any atom is 0.168 e. The highest BCUT2D eigenvalue weighted by Crippen LogP contribution is 2.33. The zero-order valence-electron chi connectivity index (χ0n) is 12.4. The van der Waals surface area contributed by atoms with Crippen LogP contribution < -0.4 is 5.32 Å². The Labute approximate surface area is 130 Å². The normalized spacial score (nSPS) is 17.6. The average Bonchev–Trinajstić information content (AvgIpc) is 2.91. The molecule has 3 rings (SSSR count). The molecule has 4 nitrogen and oxygen atoms in total. The van der Waals surface area contributed by atoms with Gasteiger partial charge in [-0.2, -0.15) is 0 Å². The predicted octanol–water partition coefficient (Wildman–Crippen LogP) is 3.27. The van der Waals surface area contributed by atoms with Crippen LogP contribution in [0.1, 0.15) is 31.4 Å². The quantitative estimate of drug-likeness (QED) is 0.861. The Balaban J connectivity index is 1.63. The van der Waals surface area contributed by atoms with Gasteiger partial charge in [-0.1, -0.05) is 23.7 Å². The number of rotatable bonds is 5. The Morgan fingerprint density at radius 2 is 2.19 bits per heavy atom. The molecule has 5 heteroatoms. The van der Waals surface area contributed by atoms with E-state index < -0.39 is 0 Å². The van der Waals surface area contributed by atoms with Gasteiger partial charge in [0.1, 0.15) is 0 Å². The number of piperidine rings is 1. The third kappa shape index (κ3) is 3.39. The summed E-state index contributed by atoms with van der Waals surface area (Å²) in [5, 5.41) is 9.49. The molecule has 2 heterocycles. The maximum atomic E-state index is 5.99. The molecule has 1 saturated heterocycles. The van der Waals surface area contributed by atoms with Crippen LogP contribution in [0, 0.1) is 0 Å². The fourth-order valence-corrected chi connectivity index (χ4v) is 3.23. The molecule has 0 bridgehead atoms. The first kappa shape index (κ1) is 14.8. The van der Waals surface area contributed by atoms with Crippen molar-refractivity contribution in [2.24, 2.45) is 0 Å². The molecule has 0 atom stereocenters. The van der Waals surface area contributed by atoms with Gasteiger partial charge in [-0.25, -0.2) is 0 Å². The van der Waals surface area contributed by atoms with E-state index >= 15 is 0 Å². The molecule has 1 aromatic carbocycles. The summed E-state index contributed by atoms with van der Waals surface area (Å²) < 4.78 is 5.43. The number of likely N-dealkylation sites (tertiary alicyclic amines) is 1. The smallest absolute Gasteiger partial charge is 0.168 e. The first-order valence-corrected chi connectivity index (χ1v) is 8.13. The predicted molar refractivity (Wildman–Crippen MR) is 86.0 cm³/mol. The Kier molecular flexibility index (Phi) is 4.78. The molecule has 1 N–H and O–H groups in total. The highest BCUT2D eigenvalue weighted by molar-refractivity contribution is 6.31. The number of fused-ring (bicyclic) bond motifs is 1. The molecule has 0 radical (unpaired) electrons. The van der Waals surface area contributed by atoms with Crippen LogP contribution >= 0.6 is 11.6 Å². The van der Waals surface area contributed by atoms with Gasteiger partial charge in [0.25, 0.3) is 0 Å². The molecule has 0 spiro atoms. The second-order valence-electron chi connectivity index (χ2n) is 5.68. The summed E-state index contributed by atoms with van der Waals surface area (Å²) in [7, 11) is 0. The lowest BCUT2D eigenvalue weighted by atomic mass is 9.91. The molecule has 1 aromatic heterocycles. The van der Waals surface area contributed by atoms with Crippen molar-refractivity contribution in [1.29, 1.82) is 0 Å². The number of hydrogen-bond donors (Lipinski definition) is 1. The minimum absolute atomic E-state index is 0.503. The third-order valence-corrected chi connectivity index (χ3v) is 4.53. The van der Waals surface area contributed by atoms with E-state index in [4.69, 9.17) is 16.1 Å². The lowest BCUT2D eigenvalue weighted by Crippen LogP contribution is -2.37. The molecule has 0 aliphatic carbocycles. The summed E-state index contributed by atoms with van der Waals surface area (Å²) in [6, 6.07) is 5.79. The Morgan fingerprint density at radius 1 is 1.38 bits per heavy atom. The van der Waals surface area contributed by atoms with Gasteiger partial charge < -0.3 is 14.7 Å². The number of halogens is 1. The summed E-state index contributed by atoms with van der Waals surface area (Å²) in [6.07, 6.45) is 2.30. The zero-order chi connectivity index (χ0) is 14.7. The van der Waals surface area contributed by atoms with Crippen molar-refractivity contribution in [1.82, 2.24) is 15.4 Å². The number of hydrogen-bond acceptors (Lipinski definition) is 4. The average molecular weight is 308 g/mol. The summed E-state index contributed by atoms with van der Waals surface area (Å²) in [4.78, 5) is 2.53.